The Morgan fingerprint density at radius 2 is 1.50 bits per heavy atom. The monoisotopic (exact) mass is 690 g/mol. The van der Waals surface area contributed by atoms with Crippen LogP contribution in [0.3, 0.4) is 0 Å². The van der Waals surface area contributed by atoms with Crippen LogP contribution >= 0.6 is 35.6 Å². The van der Waals surface area contributed by atoms with Gasteiger partial charge in [0, 0.05) is 54.9 Å². The molecule has 2 aliphatic heterocycles. The lowest BCUT2D eigenvalue weighted by Gasteiger charge is -2.40. The second-order valence-electron chi connectivity index (χ2n) is 12.0. The summed E-state index contributed by atoms with van der Waals surface area (Å²) < 4.78 is 20.4. The van der Waals surface area contributed by atoms with E-state index in [9.17, 15) is 9.18 Å². The molecular weight excluding hydrogens is 646 g/mol. The van der Waals surface area contributed by atoms with E-state index in [2.05, 4.69) is 21.2 Å². The molecule has 2 aliphatic rings. The van der Waals surface area contributed by atoms with Gasteiger partial charge in [0.2, 0.25) is 5.91 Å². The van der Waals surface area contributed by atoms with E-state index in [1.807, 2.05) is 60.4 Å². The Morgan fingerprint density at radius 1 is 0.870 bits per heavy atom. The molecule has 10 heteroatoms. The van der Waals surface area contributed by atoms with E-state index in [0.717, 1.165) is 60.9 Å². The minimum atomic E-state index is -0.250. The average Bonchev–Trinajstić information content (AvgIpc) is 3.06. The Labute approximate surface area is 289 Å². The molecule has 1 N–H and O–H groups in total. The van der Waals surface area contributed by atoms with Crippen molar-refractivity contribution >= 4 is 41.5 Å². The number of ether oxygens (including phenoxy) is 1. The molecule has 0 saturated carbocycles. The number of rotatable bonds is 13. The average molecular weight is 692 g/mol. The summed E-state index contributed by atoms with van der Waals surface area (Å²) in [6.45, 7) is 9.06. The second kappa shape index (κ2) is 18.2. The van der Waals surface area contributed by atoms with Gasteiger partial charge in [0.15, 0.2) is 0 Å². The van der Waals surface area contributed by atoms with E-state index in [-0.39, 0.29) is 36.1 Å². The fraction of sp³-hybridized carbons (Fsp3) is 0.472. The fourth-order valence-corrected chi connectivity index (χ4v) is 7.00. The molecule has 1 atom stereocenters. The van der Waals surface area contributed by atoms with Crippen LogP contribution in [0.25, 0.3) is 0 Å². The van der Waals surface area contributed by atoms with E-state index < -0.39 is 0 Å². The van der Waals surface area contributed by atoms with E-state index in [0.29, 0.717) is 57.2 Å². The van der Waals surface area contributed by atoms with Crippen LogP contribution in [0, 0.1) is 11.7 Å². The summed E-state index contributed by atoms with van der Waals surface area (Å²) in [5, 5.41) is 5.24. The number of hydrogen-bond donors (Lipinski definition) is 1. The maximum absolute atomic E-state index is 14.7. The molecule has 0 radical (unpaired) electrons. The molecule has 0 aliphatic carbocycles. The Bertz CT molecular complexity index is 1400. The van der Waals surface area contributed by atoms with Gasteiger partial charge in [0.1, 0.15) is 11.6 Å². The number of halogens is 4. The van der Waals surface area contributed by atoms with Crippen molar-refractivity contribution in [2.24, 2.45) is 5.92 Å². The highest BCUT2D eigenvalue weighted by Crippen LogP contribution is 2.26. The molecule has 46 heavy (non-hydrogen) atoms. The Balaban J connectivity index is 0.00000480. The molecule has 2 heterocycles. The maximum Gasteiger partial charge on any atom is 0.240 e. The molecule has 250 valence electrons. The van der Waals surface area contributed by atoms with Crippen molar-refractivity contribution in [3.63, 3.8) is 0 Å². The quantitative estimate of drug-likeness (QED) is 0.215. The fourth-order valence-electron chi connectivity index (χ4n) is 6.54. The third kappa shape index (κ3) is 9.82. The Hall–Kier alpha value is -2.39. The molecule has 0 aromatic heterocycles. The highest BCUT2D eigenvalue weighted by Gasteiger charge is 2.35. The molecule has 3 aromatic carbocycles. The summed E-state index contributed by atoms with van der Waals surface area (Å²) in [5.41, 5.74) is 2.85. The predicted molar refractivity (Wildman–Crippen MR) is 188 cm³/mol. The van der Waals surface area contributed by atoms with Crippen LogP contribution in [0.5, 0.6) is 5.75 Å². The Kier molecular flexibility index (Phi) is 14.4. The molecule has 2 saturated heterocycles. The predicted octanol–water partition coefficient (Wildman–Crippen LogP) is 6.75. The largest absolute Gasteiger partial charge is 0.493 e. The number of amides is 1. The van der Waals surface area contributed by atoms with Crippen molar-refractivity contribution < 1.29 is 13.9 Å². The molecule has 5 rings (SSSR count). The van der Waals surface area contributed by atoms with Crippen molar-refractivity contribution in [1.29, 1.82) is 0 Å². The zero-order chi connectivity index (χ0) is 31.6. The lowest BCUT2D eigenvalue weighted by atomic mass is 9.88. The SMILES string of the molecule is CCOc1cccc(F)c1CN1CCN(C(=O)C(NCCc2ccccc2Cl)C2CCN(CCc3ccccc3Cl)CC2)CC1.Cl. The summed E-state index contributed by atoms with van der Waals surface area (Å²) in [6.07, 6.45) is 3.61. The van der Waals surface area contributed by atoms with Crippen LogP contribution in [-0.4, -0.2) is 85.6 Å². The normalized spacial score (nSPS) is 17.0. The number of piperidine rings is 1. The zero-order valence-corrected chi connectivity index (χ0v) is 28.9. The van der Waals surface area contributed by atoms with Crippen LogP contribution in [0.2, 0.25) is 10.0 Å². The first-order valence-corrected chi connectivity index (χ1v) is 17.0. The third-order valence-corrected chi connectivity index (χ3v) is 9.92. The summed E-state index contributed by atoms with van der Waals surface area (Å²) in [6, 6.07) is 20.7. The molecule has 0 bridgehead atoms. The van der Waals surface area contributed by atoms with Gasteiger partial charge in [-0.25, -0.2) is 4.39 Å². The minimum Gasteiger partial charge on any atom is -0.493 e. The number of carbonyl (C=O) groups excluding carboxylic acids is 1. The third-order valence-electron chi connectivity index (χ3n) is 9.18. The minimum absolute atomic E-state index is 0. The summed E-state index contributed by atoms with van der Waals surface area (Å²) in [7, 11) is 0. The van der Waals surface area contributed by atoms with Crippen molar-refractivity contribution in [2.75, 3.05) is 59.0 Å². The molecule has 6 nitrogen and oxygen atoms in total. The smallest absolute Gasteiger partial charge is 0.240 e. The van der Waals surface area contributed by atoms with Crippen LogP contribution in [0.4, 0.5) is 4.39 Å². The van der Waals surface area contributed by atoms with Gasteiger partial charge in [-0.15, -0.1) is 12.4 Å². The first kappa shape index (κ1) is 36.4. The second-order valence-corrected chi connectivity index (χ2v) is 12.9. The van der Waals surface area contributed by atoms with Gasteiger partial charge in [-0.1, -0.05) is 65.7 Å². The molecule has 2 fully saturated rings. The number of nitrogens with zero attached hydrogens (tertiary/aromatic N) is 3. The topological polar surface area (TPSA) is 48.1 Å². The molecule has 1 unspecified atom stereocenters. The van der Waals surface area contributed by atoms with Crippen molar-refractivity contribution in [3.05, 3.63) is 99.3 Å². The van der Waals surface area contributed by atoms with E-state index in [1.165, 1.54) is 11.6 Å². The maximum atomic E-state index is 14.7. The summed E-state index contributed by atoms with van der Waals surface area (Å²) >= 11 is 12.8. The molecule has 0 spiro atoms. The van der Waals surface area contributed by atoms with Gasteiger partial charge in [0.25, 0.3) is 0 Å². The zero-order valence-electron chi connectivity index (χ0n) is 26.6. The molecular formula is C36H46Cl3FN4O2. The first-order chi connectivity index (χ1) is 21.9. The van der Waals surface area contributed by atoms with Crippen molar-refractivity contribution in [2.45, 2.75) is 45.2 Å². The van der Waals surface area contributed by atoms with E-state index in [1.54, 1.807) is 6.07 Å². The number of hydrogen-bond acceptors (Lipinski definition) is 5. The van der Waals surface area contributed by atoms with Gasteiger partial charge in [-0.3, -0.25) is 9.69 Å². The summed E-state index contributed by atoms with van der Waals surface area (Å²) in [5.74, 6) is 0.771. The van der Waals surface area contributed by atoms with Crippen molar-refractivity contribution in [3.8, 4) is 5.75 Å². The van der Waals surface area contributed by atoms with Crippen LogP contribution in [0.15, 0.2) is 66.7 Å². The highest BCUT2D eigenvalue weighted by molar-refractivity contribution is 6.31. The molecule has 1 amide bonds. The van der Waals surface area contributed by atoms with Gasteiger partial charge in [0.05, 0.1) is 12.6 Å². The number of likely N-dealkylation sites (tertiary alicyclic amines) is 1. The van der Waals surface area contributed by atoms with E-state index >= 15 is 0 Å². The van der Waals surface area contributed by atoms with Gasteiger partial charge < -0.3 is 19.9 Å². The number of benzene rings is 3. The lowest BCUT2D eigenvalue weighted by Crippen LogP contribution is -2.57. The Morgan fingerprint density at radius 3 is 2.13 bits per heavy atom. The highest BCUT2D eigenvalue weighted by atomic mass is 35.5. The number of piperazine rings is 1. The molecule has 3 aromatic rings. The van der Waals surface area contributed by atoms with Gasteiger partial charge in [-0.2, -0.15) is 0 Å². The summed E-state index contributed by atoms with van der Waals surface area (Å²) in [4.78, 5) is 20.8. The van der Waals surface area contributed by atoms with Crippen molar-refractivity contribution in [1.82, 2.24) is 20.0 Å². The lowest BCUT2D eigenvalue weighted by molar-refractivity contribution is -0.137. The van der Waals surface area contributed by atoms with E-state index in [4.69, 9.17) is 27.9 Å². The van der Waals surface area contributed by atoms with Crippen LogP contribution in [-0.2, 0) is 24.2 Å². The standard InChI is InChI=1S/C36H45Cl2FN4O2.ClH/c1-2-45-34-13-7-12-33(39)30(34)26-42-22-24-43(25-23-42)36(44)35(40-18-14-27-8-3-5-10-31(27)37)29-16-20-41(21-17-29)19-15-28-9-4-6-11-32(28)38;/h3-13,29,35,40H,2,14-26H2,1H3;1H. The number of nitrogens with one attached hydrogen (secondary N) is 1. The van der Waals surface area contributed by atoms with Gasteiger partial charge in [-0.05, 0) is 93.6 Å². The van der Waals surface area contributed by atoms with Crippen LogP contribution < -0.4 is 10.1 Å². The van der Waals surface area contributed by atoms with Gasteiger partial charge >= 0.3 is 0 Å². The first-order valence-electron chi connectivity index (χ1n) is 16.3. The van der Waals surface area contributed by atoms with Crippen LogP contribution in [0.1, 0.15) is 36.5 Å². The number of carbonyl (C=O) groups is 1.